The Morgan fingerprint density at radius 2 is 1.83 bits per heavy atom. The summed E-state index contributed by atoms with van der Waals surface area (Å²) in [6.45, 7) is 1.79. The van der Waals surface area contributed by atoms with Crippen LogP contribution in [0.4, 0.5) is 5.82 Å². The first kappa shape index (κ1) is 17.9. The van der Waals surface area contributed by atoms with Gasteiger partial charge in [0.05, 0.1) is 6.04 Å². The Morgan fingerprint density at radius 3 is 2.38 bits per heavy atom. The summed E-state index contributed by atoms with van der Waals surface area (Å²) in [7, 11) is 0.0981. The molecular formula is C16H20N4O3S. The summed E-state index contributed by atoms with van der Waals surface area (Å²) in [5, 5.41) is 2.83. The second-order valence-corrected chi connectivity index (χ2v) is 7.66. The predicted molar refractivity (Wildman–Crippen MR) is 91.8 cm³/mol. The fraction of sp³-hybridized carbons (Fsp3) is 0.312. The zero-order chi connectivity index (χ0) is 17.9. The number of aromatic nitrogens is 2. The molecule has 0 spiro atoms. The smallest absolute Gasteiger partial charge is 0.251 e. The number of sulfone groups is 1. The van der Waals surface area contributed by atoms with Gasteiger partial charge in [0, 0.05) is 38.3 Å². The van der Waals surface area contributed by atoms with Crippen molar-refractivity contribution in [1.82, 2.24) is 15.3 Å². The topological polar surface area (TPSA) is 92.3 Å². The van der Waals surface area contributed by atoms with Crippen LogP contribution in [0.2, 0.25) is 0 Å². The van der Waals surface area contributed by atoms with Crippen molar-refractivity contribution in [2.45, 2.75) is 18.0 Å². The molecule has 0 bridgehead atoms. The van der Waals surface area contributed by atoms with Crippen molar-refractivity contribution >= 4 is 21.6 Å². The molecule has 1 atom stereocenters. The summed E-state index contributed by atoms with van der Waals surface area (Å²) in [6.07, 6.45) is 4.19. The standard InChI is InChI=1S/C16H20N4O3S/c1-11(18-16(21)12-5-7-17-8-6-12)13-9-14(20(2)3)19-15(10-13)24(4,22)23/h5-11H,1-4H3,(H,18,21)/t11-/m0/s1. The lowest BCUT2D eigenvalue weighted by Gasteiger charge is -2.19. The van der Waals surface area contributed by atoms with Gasteiger partial charge in [0.15, 0.2) is 14.9 Å². The van der Waals surface area contributed by atoms with Gasteiger partial charge in [-0.1, -0.05) is 0 Å². The van der Waals surface area contributed by atoms with Crippen molar-refractivity contribution in [3.8, 4) is 0 Å². The van der Waals surface area contributed by atoms with E-state index in [4.69, 9.17) is 0 Å². The van der Waals surface area contributed by atoms with Gasteiger partial charge in [0.2, 0.25) is 0 Å². The fourth-order valence-corrected chi connectivity index (χ4v) is 2.66. The first-order valence-corrected chi connectivity index (χ1v) is 9.18. The average Bonchev–Trinajstić information content (AvgIpc) is 2.54. The van der Waals surface area contributed by atoms with Gasteiger partial charge in [-0.25, -0.2) is 13.4 Å². The van der Waals surface area contributed by atoms with Crippen LogP contribution in [0.3, 0.4) is 0 Å². The summed E-state index contributed by atoms with van der Waals surface area (Å²) in [5.41, 5.74) is 1.15. The van der Waals surface area contributed by atoms with Gasteiger partial charge < -0.3 is 10.2 Å². The van der Waals surface area contributed by atoms with Crippen LogP contribution in [0.1, 0.15) is 28.9 Å². The van der Waals surface area contributed by atoms with E-state index in [0.717, 1.165) is 6.26 Å². The minimum absolute atomic E-state index is 0.0197. The van der Waals surface area contributed by atoms with E-state index >= 15 is 0 Å². The molecule has 0 radical (unpaired) electrons. The molecule has 2 heterocycles. The molecule has 0 aliphatic rings. The number of hydrogen-bond donors (Lipinski definition) is 1. The third-order valence-corrected chi connectivity index (χ3v) is 4.41. The number of nitrogens with one attached hydrogen (secondary N) is 1. The highest BCUT2D eigenvalue weighted by molar-refractivity contribution is 7.90. The highest BCUT2D eigenvalue weighted by Crippen LogP contribution is 2.22. The number of hydrogen-bond acceptors (Lipinski definition) is 6. The van der Waals surface area contributed by atoms with Gasteiger partial charge in [0.25, 0.3) is 5.91 Å². The first-order valence-electron chi connectivity index (χ1n) is 7.28. The van der Waals surface area contributed by atoms with Crippen molar-refractivity contribution in [3.63, 3.8) is 0 Å². The molecule has 2 rings (SSSR count). The van der Waals surface area contributed by atoms with Crippen molar-refractivity contribution in [2.24, 2.45) is 0 Å². The largest absolute Gasteiger partial charge is 0.363 e. The van der Waals surface area contributed by atoms with Crippen LogP contribution in [-0.4, -0.2) is 44.6 Å². The van der Waals surface area contributed by atoms with Crippen LogP contribution in [0.25, 0.3) is 0 Å². The number of rotatable bonds is 5. The van der Waals surface area contributed by atoms with Crippen molar-refractivity contribution < 1.29 is 13.2 Å². The second-order valence-electron chi connectivity index (χ2n) is 5.69. The highest BCUT2D eigenvalue weighted by Gasteiger charge is 2.18. The van der Waals surface area contributed by atoms with E-state index in [9.17, 15) is 13.2 Å². The lowest BCUT2D eigenvalue weighted by molar-refractivity contribution is 0.0939. The molecule has 24 heavy (non-hydrogen) atoms. The second kappa shape index (κ2) is 6.96. The summed E-state index contributed by atoms with van der Waals surface area (Å²) >= 11 is 0. The van der Waals surface area contributed by atoms with Gasteiger partial charge in [-0.3, -0.25) is 9.78 Å². The molecule has 0 aromatic carbocycles. The molecule has 1 amide bonds. The number of carbonyl (C=O) groups excluding carboxylic acids is 1. The average molecular weight is 348 g/mol. The maximum absolute atomic E-state index is 12.2. The minimum atomic E-state index is -3.45. The third kappa shape index (κ3) is 4.29. The molecule has 0 unspecified atom stereocenters. The quantitative estimate of drug-likeness (QED) is 0.879. The summed E-state index contributed by atoms with van der Waals surface area (Å²) in [4.78, 5) is 22.0. The molecule has 2 aromatic heterocycles. The van der Waals surface area contributed by atoms with Gasteiger partial charge in [0.1, 0.15) is 5.82 Å². The zero-order valence-electron chi connectivity index (χ0n) is 14.0. The third-order valence-electron chi connectivity index (χ3n) is 3.44. The van der Waals surface area contributed by atoms with Crippen molar-refractivity contribution in [3.05, 3.63) is 47.8 Å². The van der Waals surface area contributed by atoms with Crippen molar-refractivity contribution in [2.75, 3.05) is 25.3 Å². The van der Waals surface area contributed by atoms with Gasteiger partial charge in [-0.05, 0) is 36.8 Å². The molecule has 0 saturated heterocycles. The van der Waals surface area contributed by atoms with Gasteiger partial charge in [-0.15, -0.1) is 0 Å². The SMILES string of the molecule is C[C@H](NC(=O)c1ccncc1)c1cc(N(C)C)nc(S(C)(=O)=O)c1. The van der Waals surface area contributed by atoms with Gasteiger partial charge in [-0.2, -0.15) is 0 Å². The Bertz CT molecular complexity index is 836. The molecule has 0 aliphatic carbocycles. The lowest BCUT2D eigenvalue weighted by Crippen LogP contribution is -2.27. The maximum atomic E-state index is 12.2. The molecule has 0 aliphatic heterocycles. The Balaban J connectivity index is 2.33. The fourth-order valence-electron chi connectivity index (χ4n) is 2.05. The summed E-state index contributed by atoms with van der Waals surface area (Å²) in [5.74, 6) is 0.256. The highest BCUT2D eigenvalue weighted by atomic mass is 32.2. The van der Waals surface area contributed by atoms with Crippen LogP contribution in [0.15, 0.2) is 41.7 Å². The van der Waals surface area contributed by atoms with Crippen molar-refractivity contribution in [1.29, 1.82) is 0 Å². The number of amides is 1. The van der Waals surface area contributed by atoms with Crippen LogP contribution in [0.5, 0.6) is 0 Å². The Morgan fingerprint density at radius 1 is 1.21 bits per heavy atom. The van der Waals surface area contributed by atoms with E-state index in [0.29, 0.717) is 16.9 Å². The van der Waals surface area contributed by atoms with E-state index in [1.54, 1.807) is 44.1 Å². The Labute approximate surface area is 141 Å². The predicted octanol–water partition coefficient (Wildman–Crippen LogP) is 1.44. The molecule has 0 fully saturated rings. The number of pyridine rings is 2. The number of anilines is 1. The van der Waals surface area contributed by atoms with Gasteiger partial charge >= 0.3 is 0 Å². The first-order chi connectivity index (χ1) is 11.2. The van der Waals surface area contributed by atoms with Crippen LogP contribution < -0.4 is 10.2 Å². The van der Waals surface area contributed by atoms with Crippen LogP contribution in [0, 0.1) is 0 Å². The Hall–Kier alpha value is -2.48. The van der Waals surface area contributed by atoms with E-state index in [1.165, 1.54) is 18.5 Å². The Kier molecular flexibility index (Phi) is 5.18. The van der Waals surface area contributed by atoms with E-state index in [2.05, 4.69) is 15.3 Å². The van der Waals surface area contributed by atoms with E-state index < -0.39 is 9.84 Å². The number of carbonyl (C=O) groups is 1. The molecule has 2 aromatic rings. The zero-order valence-corrected chi connectivity index (χ0v) is 14.8. The lowest BCUT2D eigenvalue weighted by atomic mass is 10.1. The monoisotopic (exact) mass is 348 g/mol. The minimum Gasteiger partial charge on any atom is -0.363 e. The molecule has 0 saturated carbocycles. The maximum Gasteiger partial charge on any atom is 0.251 e. The van der Waals surface area contributed by atoms with Crippen LogP contribution >= 0.6 is 0 Å². The summed E-state index contributed by atoms with van der Waals surface area (Å²) in [6, 6.07) is 6.09. The molecular weight excluding hydrogens is 328 g/mol. The normalized spacial score (nSPS) is 12.5. The van der Waals surface area contributed by atoms with E-state index in [-0.39, 0.29) is 17.0 Å². The van der Waals surface area contributed by atoms with Crippen LogP contribution in [-0.2, 0) is 9.84 Å². The summed E-state index contributed by atoms with van der Waals surface area (Å²) < 4.78 is 23.7. The molecule has 8 heteroatoms. The van der Waals surface area contributed by atoms with E-state index in [1.807, 2.05) is 0 Å². The molecule has 1 N–H and O–H groups in total. The molecule has 7 nitrogen and oxygen atoms in total. The number of nitrogens with zero attached hydrogens (tertiary/aromatic N) is 3. The molecule has 128 valence electrons.